The maximum Gasteiger partial charge on any atom is 0.229 e. The van der Waals surface area contributed by atoms with Gasteiger partial charge in [0.05, 0.1) is 23.5 Å². The SMILES string of the molecule is CC1/C=C\C=C/Cc2nc(CC3CCCC3)c(NC(=O)Cc3ccc4ccccc4c3)nc2CC1. The van der Waals surface area contributed by atoms with Crippen LogP contribution < -0.4 is 5.32 Å². The van der Waals surface area contributed by atoms with E-state index in [1.165, 1.54) is 31.1 Å². The predicted octanol–water partition coefficient (Wildman–Crippen LogP) is 6.78. The fourth-order valence-electron chi connectivity index (χ4n) is 5.32. The predicted molar refractivity (Wildman–Crippen MR) is 143 cm³/mol. The van der Waals surface area contributed by atoms with Crippen LogP contribution in [-0.2, 0) is 30.5 Å². The van der Waals surface area contributed by atoms with Gasteiger partial charge in [-0.1, -0.05) is 99.4 Å². The molecular weight excluding hydrogens is 430 g/mol. The summed E-state index contributed by atoms with van der Waals surface area (Å²) in [5, 5.41) is 5.51. The molecule has 0 spiro atoms. The van der Waals surface area contributed by atoms with Crippen LogP contribution in [0.3, 0.4) is 0 Å². The van der Waals surface area contributed by atoms with E-state index in [-0.39, 0.29) is 5.91 Å². The summed E-state index contributed by atoms with van der Waals surface area (Å²) >= 11 is 0. The number of allylic oxidation sites excluding steroid dienone is 4. The van der Waals surface area contributed by atoms with E-state index in [1.807, 2.05) is 18.2 Å². The number of anilines is 1. The number of nitrogens with one attached hydrogen (secondary N) is 1. The molecule has 4 nitrogen and oxygen atoms in total. The number of amides is 1. The van der Waals surface area contributed by atoms with Gasteiger partial charge in [-0.25, -0.2) is 4.98 Å². The van der Waals surface area contributed by atoms with E-state index >= 15 is 0 Å². The van der Waals surface area contributed by atoms with E-state index in [9.17, 15) is 4.79 Å². The molecule has 180 valence electrons. The summed E-state index contributed by atoms with van der Waals surface area (Å²) in [4.78, 5) is 23.3. The summed E-state index contributed by atoms with van der Waals surface area (Å²) in [6.07, 6.45) is 17.6. The molecule has 5 rings (SSSR count). The molecule has 1 atom stereocenters. The fraction of sp³-hybridized carbons (Fsp3) is 0.387. The van der Waals surface area contributed by atoms with Crippen molar-refractivity contribution < 1.29 is 4.79 Å². The van der Waals surface area contributed by atoms with E-state index in [1.54, 1.807) is 0 Å². The smallest absolute Gasteiger partial charge is 0.229 e. The summed E-state index contributed by atoms with van der Waals surface area (Å²) in [6.45, 7) is 2.24. The third-order valence-corrected chi connectivity index (χ3v) is 7.35. The van der Waals surface area contributed by atoms with Crippen molar-refractivity contribution in [2.24, 2.45) is 11.8 Å². The molecule has 0 radical (unpaired) electrons. The normalized spacial score (nSPS) is 20.3. The number of aromatic nitrogens is 2. The van der Waals surface area contributed by atoms with Crippen LogP contribution in [0.25, 0.3) is 10.8 Å². The van der Waals surface area contributed by atoms with Gasteiger partial charge in [-0.3, -0.25) is 9.78 Å². The monoisotopic (exact) mass is 465 g/mol. The first-order chi connectivity index (χ1) is 17.1. The van der Waals surface area contributed by atoms with Gasteiger partial charge in [0.15, 0.2) is 5.82 Å². The van der Waals surface area contributed by atoms with Crippen molar-refractivity contribution in [3.05, 3.63) is 89.4 Å². The number of hydrogen-bond acceptors (Lipinski definition) is 3. The Morgan fingerprint density at radius 1 is 0.971 bits per heavy atom. The Morgan fingerprint density at radius 3 is 2.66 bits per heavy atom. The van der Waals surface area contributed by atoms with Crippen LogP contribution in [0.1, 0.15) is 61.7 Å². The van der Waals surface area contributed by atoms with E-state index in [2.05, 4.69) is 60.8 Å². The van der Waals surface area contributed by atoms with Crippen molar-refractivity contribution >= 4 is 22.5 Å². The van der Waals surface area contributed by atoms with Gasteiger partial charge in [-0.15, -0.1) is 0 Å². The van der Waals surface area contributed by atoms with Crippen LogP contribution in [0.15, 0.2) is 66.8 Å². The molecule has 1 aromatic heterocycles. The Balaban J connectivity index is 1.40. The molecule has 1 saturated carbocycles. The van der Waals surface area contributed by atoms with Gasteiger partial charge < -0.3 is 5.32 Å². The highest BCUT2D eigenvalue weighted by molar-refractivity contribution is 5.93. The standard InChI is InChI=1S/C31H35N3O/c1-22-9-3-2-4-14-27-28(18-15-22)33-31(29(32-27)20-23-10-5-6-11-23)34-30(35)21-24-16-17-25-12-7-8-13-26(25)19-24/h2-4,7-9,12-13,16-17,19,22-23H,5-6,10-11,14-15,18,20-21H2,1H3,(H,33,34,35)/b4-2-,9-3-. The zero-order chi connectivity index (χ0) is 24.0. The molecule has 1 fully saturated rings. The molecular formula is C31H35N3O. The van der Waals surface area contributed by atoms with E-state index in [0.717, 1.165) is 53.7 Å². The summed E-state index contributed by atoms with van der Waals surface area (Å²) in [6, 6.07) is 14.5. The zero-order valence-electron chi connectivity index (χ0n) is 20.7. The second-order valence-electron chi connectivity index (χ2n) is 10.2. The molecule has 2 aromatic carbocycles. The minimum atomic E-state index is -0.0294. The lowest BCUT2D eigenvalue weighted by Gasteiger charge is -2.18. The summed E-state index contributed by atoms with van der Waals surface area (Å²) < 4.78 is 0. The van der Waals surface area contributed by atoms with Gasteiger partial charge in [0.1, 0.15) is 0 Å². The third-order valence-electron chi connectivity index (χ3n) is 7.35. The molecule has 1 amide bonds. The average Bonchev–Trinajstić information content (AvgIpc) is 3.37. The number of benzene rings is 2. The first kappa shape index (κ1) is 23.5. The van der Waals surface area contributed by atoms with Gasteiger partial charge in [-0.2, -0.15) is 0 Å². The van der Waals surface area contributed by atoms with Crippen molar-refractivity contribution in [2.75, 3.05) is 5.32 Å². The highest BCUT2D eigenvalue weighted by atomic mass is 16.1. The molecule has 2 aliphatic rings. The van der Waals surface area contributed by atoms with Crippen molar-refractivity contribution in [3.8, 4) is 0 Å². The van der Waals surface area contributed by atoms with Crippen LogP contribution in [0.2, 0.25) is 0 Å². The van der Waals surface area contributed by atoms with Crippen LogP contribution in [0, 0.1) is 11.8 Å². The molecule has 1 unspecified atom stereocenters. The molecule has 35 heavy (non-hydrogen) atoms. The first-order valence-corrected chi connectivity index (χ1v) is 13.1. The molecule has 1 N–H and O–H groups in total. The van der Waals surface area contributed by atoms with Crippen molar-refractivity contribution in [1.29, 1.82) is 0 Å². The van der Waals surface area contributed by atoms with Gasteiger partial charge in [0.2, 0.25) is 5.91 Å². The molecule has 3 aromatic rings. The fourth-order valence-corrected chi connectivity index (χ4v) is 5.32. The Labute approximate surface area is 208 Å². The third kappa shape index (κ3) is 6.05. The number of nitrogens with zero attached hydrogens (tertiary/aromatic N) is 2. The summed E-state index contributed by atoms with van der Waals surface area (Å²) in [5.41, 5.74) is 4.05. The average molecular weight is 466 g/mol. The Kier molecular flexibility index (Phi) is 7.37. The van der Waals surface area contributed by atoms with Crippen LogP contribution >= 0.6 is 0 Å². The van der Waals surface area contributed by atoms with Gasteiger partial charge >= 0.3 is 0 Å². The number of carbonyl (C=O) groups is 1. The number of fused-ring (bicyclic) bond motifs is 2. The molecule has 0 aliphatic heterocycles. The van der Waals surface area contributed by atoms with Gasteiger partial charge in [-0.05, 0) is 47.4 Å². The Morgan fingerprint density at radius 2 is 1.80 bits per heavy atom. The van der Waals surface area contributed by atoms with E-state index in [0.29, 0.717) is 24.1 Å². The Bertz CT molecular complexity index is 1250. The lowest BCUT2D eigenvalue weighted by molar-refractivity contribution is -0.115. The number of carbonyl (C=O) groups excluding carboxylic acids is 1. The van der Waals surface area contributed by atoms with Gasteiger partial charge in [0.25, 0.3) is 0 Å². The molecule has 1 heterocycles. The van der Waals surface area contributed by atoms with Crippen molar-refractivity contribution in [3.63, 3.8) is 0 Å². The maximum atomic E-state index is 13.2. The summed E-state index contributed by atoms with van der Waals surface area (Å²) in [7, 11) is 0. The zero-order valence-corrected chi connectivity index (χ0v) is 20.7. The lowest BCUT2D eigenvalue weighted by Crippen LogP contribution is -2.20. The highest BCUT2D eigenvalue weighted by Gasteiger charge is 2.22. The second-order valence-corrected chi connectivity index (χ2v) is 10.2. The van der Waals surface area contributed by atoms with E-state index < -0.39 is 0 Å². The quantitative estimate of drug-likeness (QED) is 0.452. The van der Waals surface area contributed by atoms with Crippen molar-refractivity contribution in [2.45, 2.75) is 64.7 Å². The molecule has 4 heteroatoms. The highest BCUT2D eigenvalue weighted by Crippen LogP contribution is 2.30. The number of aryl methyl sites for hydroxylation is 1. The van der Waals surface area contributed by atoms with E-state index in [4.69, 9.17) is 9.97 Å². The largest absolute Gasteiger partial charge is 0.309 e. The number of hydrogen-bond donors (Lipinski definition) is 1. The maximum absolute atomic E-state index is 13.2. The lowest BCUT2D eigenvalue weighted by atomic mass is 9.98. The minimum absolute atomic E-state index is 0.0294. The molecule has 0 bridgehead atoms. The number of rotatable bonds is 5. The second kappa shape index (κ2) is 11.0. The van der Waals surface area contributed by atoms with Crippen LogP contribution in [0.4, 0.5) is 5.82 Å². The van der Waals surface area contributed by atoms with Gasteiger partial charge in [0, 0.05) is 6.42 Å². The minimum Gasteiger partial charge on any atom is -0.309 e. The topological polar surface area (TPSA) is 54.9 Å². The molecule has 0 saturated heterocycles. The molecule has 2 aliphatic carbocycles. The summed E-state index contributed by atoms with van der Waals surface area (Å²) in [5.74, 6) is 1.76. The van der Waals surface area contributed by atoms with Crippen LogP contribution in [-0.4, -0.2) is 15.9 Å². The van der Waals surface area contributed by atoms with Crippen molar-refractivity contribution in [1.82, 2.24) is 9.97 Å². The Hall–Kier alpha value is -3.27. The first-order valence-electron chi connectivity index (χ1n) is 13.1. The van der Waals surface area contributed by atoms with Crippen LogP contribution in [0.5, 0.6) is 0 Å².